The van der Waals surface area contributed by atoms with E-state index in [4.69, 9.17) is 5.73 Å². The summed E-state index contributed by atoms with van der Waals surface area (Å²) in [5.41, 5.74) is 7.85. The van der Waals surface area contributed by atoms with Gasteiger partial charge in [0.1, 0.15) is 0 Å². The maximum atomic E-state index is 12.3. The van der Waals surface area contributed by atoms with Gasteiger partial charge in [-0.1, -0.05) is 0 Å². The Bertz CT molecular complexity index is 564. The molecule has 0 amide bonds. The Kier molecular flexibility index (Phi) is 4.43. The van der Waals surface area contributed by atoms with Gasteiger partial charge in [0.2, 0.25) is 10.0 Å². The van der Waals surface area contributed by atoms with Crippen LogP contribution in [0.4, 0.5) is 5.69 Å². The zero-order chi connectivity index (χ0) is 14.0. The molecule has 0 bridgehead atoms. The monoisotopic (exact) mass is 300 g/mol. The lowest BCUT2D eigenvalue weighted by Gasteiger charge is -2.14. The number of hydrogen-bond acceptors (Lipinski definition) is 4. The van der Waals surface area contributed by atoms with Crippen molar-refractivity contribution in [2.75, 3.05) is 18.0 Å². The van der Waals surface area contributed by atoms with E-state index in [0.717, 1.165) is 17.7 Å². The highest BCUT2D eigenvalue weighted by molar-refractivity contribution is 8.00. The van der Waals surface area contributed by atoms with E-state index in [2.05, 4.69) is 4.72 Å². The second-order valence-corrected chi connectivity index (χ2v) is 8.11. The molecule has 4 nitrogen and oxygen atoms in total. The van der Waals surface area contributed by atoms with Crippen LogP contribution in [0.5, 0.6) is 0 Å². The molecule has 19 heavy (non-hydrogen) atoms. The number of nitrogens with two attached hydrogens (primary N) is 1. The summed E-state index contributed by atoms with van der Waals surface area (Å²) in [6, 6.07) is 3.47. The van der Waals surface area contributed by atoms with Gasteiger partial charge in [0, 0.05) is 17.5 Å². The van der Waals surface area contributed by atoms with E-state index < -0.39 is 10.0 Å². The average molecular weight is 300 g/mol. The molecule has 1 aliphatic rings. The minimum absolute atomic E-state index is 0.299. The van der Waals surface area contributed by atoms with Crippen LogP contribution in [0.15, 0.2) is 17.0 Å². The van der Waals surface area contributed by atoms with Crippen molar-refractivity contribution < 1.29 is 8.42 Å². The molecule has 106 valence electrons. The van der Waals surface area contributed by atoms with E-state index in [1.54, 1.807) is 19.1 Å². The Balaban J connectivity index is 2.19. The number of hydrogen-bond donors (Lipinski definition) is 2. The lowest BCUT2D eigenvalue weighted by Crippen LogP contribution is -2.30. The summed E-state index contributed by atoms with van der Waals surface area (Å²) < 4.78 is 27.4. The summed E-state index contributed by atoms with van der Waals surface area (Å²) in [5.74, 6) is 1.13. The molecule has 3 N–H and O–H groups in total. The molecule has 1 fully saturated rings. The van der Waals surface area contributed by atoms with Gasteiger partial charge < -0.3 is 5.73 Å². The summed E-state index contributed by atoms with van der Waals surface area (Å²) in [5, 5.41) is 0.400. The first kappa shape index (κ1) is 14.7. The minimum Gasteiger partial charge on any atom is -0.398 e. The molecule has 1 saturated heterocycles. The van der Waals surface area contributed by atoms with E-state index in [0.29, 0.717) is 27.9 Å². The topological polar surface area (TPSA) is 72.2 Å². The van der Waals surface area contributed by atoms with E-state index >= 15 is 0 Å². The third kappa shape index (κ3) is 3.43. The van der Waals surface area contributed by atoms with Crippen LogP contribution in [-0.2, 0) is 10.0 Å². The number of nitrogens with one attached hydrogen (secondary N) is 1. The Morgan fingerprint density at radius 2 is 2.16 bits per heavy atom. The largest absolute Gasteiger partial charge is 0.398 e. The highest BCUT2D eigenvalue weighted by atomic mass is 32.2. The van der Waals surface area contributed by atoms with Crippen molar-refractivity contribution in [2.24, 2.45) is 0 Å². The fourth-order valence-corrected chi connectivity index (χ4v) is 4.96. The maximum Gasteiger partial charge on any atom is 0.240 e. The summed E-state index contributed by atoms with van der Waals surface area (Å²) >= 11 is 1.84. The standard InChI is InChI=1S/C13H20N2O2S2/c1-9-6-12(14)10(2)13(7-9)19(16,17)15-8-11-4-3-5-18-11/h6-7,11,15H,3-5,8,14H2,1-2H3. The molecule has 1 aromatic carbocycles. The summed E-state index contributed by atoms with van der Waals surface area (Å²) in [7, 11) is -3.47. The van der Waals surface area contributed by atoms with Crippen molar-refractivity contribution in [2.45, 2.75) is 36.8 Å². The number of aryl methyl sites for hydroxylation is 1. The molecule has 1 heterocycles. The second-order valence-electron chi connectivity index (χ2n) is 4.96. The van der Waals surface area contributed by atoms with Gasteiger partial charge in [0.05, 0.1) is 4.90 Å². The van der Waals surface area contributed by atoms with Crippen LogP contribution in [0, 0.1) is 13.8 Å². The Morgan fingerprint density at radius 1 is 1.42 bits per heavy atom. The number of sulfonamides is 1. The van der Waals surface area contributed by atoms with Crippen molar-refractivity contribution in [1.82, 2.24) is 4.72 Å². The zero-order valence-corrected chi connectivity index (χ0v) is 12.9. The normalized spacial score (nSPS) is 19.8. The van der Waals surface area contributed by atoms with Crippen LogP contribution in [0.3, 0.4) is 0 Å². The third-order valence-corrected chi connectivity index (χ3v) is 6.31. The first-order valence-electron chi connectivity index (χ1n) is 6.38. The molecule has 1 unspecified atom stereocenters. The second kappa shape index (κ2) is 5.73. The molecule has 0 radical (unpaired) electrons. The highest BCUT2D eigenvalue weighted by Crippen LogP contribution is 2.27. The molecule has 1 atom stereocenters. The lowest BCUT2D eigenvalue weighted by atomic mass is 10.1. The van der Waals surface area contributed by atoms with Crippen LogP contribution in [0.2, 0.25) is 0 Å². The minimum atomic E-state index is -3.47. The number of nitrogen functional groups attached to an aromatic ring is 1. The van der Waals surface area contributed by atoms with Gasteiger partial charge in [0.15, 0.2) is 0 Å². The van der Waals surface area contributed by atoms with Gasteiger partial charge in [-0.3, -0.25) is 0 Å². The predicted molar refractivity (Wildman–Crippen MR) is 81.0 cm³/mol. The fraction of sp³-hybridized carbons (Fsp3) is 0.538. The number of rotatable bonds is 4. The van der Waals surface area contributed by atoms with Gasteiger partial charge in [-0.15, -0.1) is 0 Å². The zero-order valence-electron chi connectivity index (χ0n) is 11.3. The van der Waals surface area contributed by atoms with Gasteiger partial charge in [-0.05, 0) is 55.7 Å². The van der Waals surface area contributed by atoms with Crippen molar-refractivity contribution in [3.63, 3.8) is 0 Å². The predicted octanol–water partition coefficient (Wildman–Crippen LogP) is 2.06. The number of anilines is 1. The molecule has 0 aliphatic carbocycles. The molecular weight excluding hydrogens is 280 g/mol. The first-order chi connectivity index (χ1) is 8.90. The molecule has 1 aromatic rings. The number of thioether (sulfide) groups is 1. The van der Waals surface area contributed by atoms with Crippen LogP contribution < -0.4 is 10.5 Å². The van der Waals surface area contributed by atoms with Crippen LogP contribution in [0.25, 0.3) is 0 Å². The third-order valence-electron chi connectivity index (χ3n) is 3.36. The van der Waals surface area contributed by atoms with Crippen LogP contribution in [0.1, 0.15) is 24.0 Å². The fourth-order valence-electron chi connectivity index (χ4n) is 2.22. The van der Waals surface area contributed by atoms with Crippen molar-refractivity contribution in [1.29, 1.82) is 0 Å². The quantitative estimate of drug-likeness (QED) is 0.835. The van der Waals surface area contributed by atoms with Gasteiger partial charge in [-0.25, -0.2) is 13.1 Å². The maximum absolute atomic E-state index is 12.3. The van der Waals surface area contributed by atoms with E-state index in [9.17, 15) is 8.42 Å². The molecule has 1 aliphatic heterocycles. The number of benzene rings is 1. The van der Waals surface area contributed by atoms with Crippen LogP contribution >= 0.6 is 11.8 Å². The highest BCUT2D eigenvalue weighted by Gasteiger charge is 2.22. The Morgan fingerprint density at radius 3 is 2.79 bits per heavy atom. The molecule has 0 saturated carbocycles. The van der Waals surface area contributed by atoms with Gasteiger partial charge >= 0.3 is 0 Å². The lowest BCUT2D eigenvalue weighted by molar-refractivity contribution is 0.578. The summed E-state index contributed by atoms with van der Waals surface area (Å²) in [4.78, 5) is 0.299. The van der Waals surface area contributed by atoms with Crippen molar-refractivity contribution in [3.8, 4) is 0 Å². The van der Waals surface area contributed by atoms with E-state index in [1.165, 1.54) is 6.42 Å². The molecule has 0 spiro atoms. The van der Waals surface area contributed by atoms with Gasteiger partial charge in [-0.2, -0.15) is 11.8 Å². The smallest absolute Gasteiger partial charge is 0.240 e. The van der Waals surface area contributed by atoms with Crippen LogP contribution in [-0.4, -0.2) is 26.0 Å². The van der Waals surface area contributed by atoms with Crippen molar-refractivity contribution in [3.05, 3.63) is 23.3 Å². The molecule has 2 rings (SSSR count). The molecular formula is C13H20N2O2S2. The van der Waals surface area contributed by atoms with E-state index in [-0.39, 0.29) is 0 Å². The first-order valence-corrected chi connectivity index (χ1v) is 8.91. The average Bonchev–Trinajstić information content (AvgIpc) is 2.84. The molecule has 0 aromatic heterocycles. The summed E-state index contributed by atoms with van der Waals surface area (Å²) in [6.45, 7) is 4.09. The van der Waals surface area contributed by atoms with Crippen molar-refractivity contribution >= 4 is 27.5 Å². The van der Waals surface area contributed by atoms with Gasteiger partial charge in [0.25, 0.3) is 0 Å². The summed E-state index contributed by atoms with van der Waals surface area (Å²) in [6.07, 6.45) is 2.26. The SMILES string of the molecule is Cc1cc(N)c(C)c(S(=O)(=O)NCC2CCCS2)c1. The Labute approximate surface area is 119 Å². The molecule has 6 heteroatoms. The Hall–Kier alpha value is -0.720. The van der Waals surface area contributed by atoms with E-state index in [1.807, 2.05) is 18.7 Å².